The van der Waals surface area contributed by atoms with E-state index in [2.05, 4.69) is 19.2 Å². The van der Waals surface area contributed by atoms with Crippen LogP contribution in [0.1, 0.15) is 155 Å². The maximum absolute atomic E-state index is 12.5. The van der Waals surface area contributed by atoms with Crippen molar-refractivity contribution in [1.29, 1.82) is 0 Å². The molecule has 0 aliphatic heterocycles. The average Bonchev–Trinajstić information content (AvgIpc) is 2.94. The molecule has 0 aliphatic rings. The lowest BCUT2D eigenvalue weighted by Gasteiger charge is -2.24. The van der Waals surface area contributed by atoms with Gasteiger partial charge in [0.1, 0.15) is 13.2 Å². The molecule has 1 amide bonds. The molecule has 2 atom stereocenters. The Morgan fingerprint density at radius 3 is 1.58 bits per heavy atom. The van der Waals surface area contributed by atoms with Crippen LogP contribution in [0.25, 0.3) is 0 Å². The molecule has 0 radical (unpaired) electrons. The minimum atomic E-state index is -4.19. The first-order valence-electron chi connectivity index (χ1n) is 17.9. The monoisotopic (exact) mass is 636 g/mol. The number of amides is 1. The van der Waals surface area contributed by atoms with Gasteiger partial charge < -0.3 is 19.4 Å². The fraction of sp³-hybridized carbons (Fsp3) is 0.971. The molecule has 0 aromatic heterocycles. The number of hydrogen-bond acceptors (Lipinski definition) is 5. The molecule has 2 unspecified atom stereocenters. The Hall–Kier alpha value is -0.500. The van der Waals surface area contributed by atoms with E-state index in [1.807, 2.05) is 21.1 Å². The van der Waals surface area contributed by atoms with E-state index >= 15 is 0 Å². The highest BCUT2D eigenvalue weighted by atomic mass is 31.2. The molecule has 0 aromatic carbocycles. The maximum atomic E-state index is 12.5. The lowest BCUT2D eigenvalue weighted by molar-refractivity contribution is -0.870. The minimum absolute atomic E-state index is 0.00534. The van der Waals surface area contributed by atoms with Gasteiger partial charge in [0, 0.05) is 19.6 Å². The van der Waals surface area contributed by atoms with E-state index in [0.717, 1.165) is 25.7 Å². The van der Waals surface area contributed by atoms with E-state index in [0.29, 0.717) is 24.1 Å². The number of quaternary nitrogens is 1. The van der Waals surface area contributed by atoms with Crippen molar-refractivity contribution in [2.45, 2.75) is 161 Å². The van der Waals surface area contributed by atoms with Gasteiger partial charge in [0.2, 0.25) is 5.91 Å². The molecular formula is C34H72N2O6P+. The van der Waals surface area contributed by atoms with Crippen LogP contribution in [-0.2, 0) is 23.1 Å². The number of nitrogens with zero attached hydrogens (tertiary/aromatic N) is 1. The smallest absolute Gasteiger partial charge is 0.374 e. The summed E-state index contributed by atoms with van der Waals surface area (Å²) in [5, 5.41) is 2.94. The molecule has 0 spiro atoms. The Morgan fingerprint density at radius 1 is 0.674 bits per heavy atom. The van der Waals surface area contributed by atoms with Crippen LogP contribution in [0.5, 0.6) is 0 Å². The first-order valence-corrected chi connectivity index (χ1v) is 19.4. The number of carbonyl (C=O) groups is 1. The predicted molar refractivity (Wildman–Crippen MR) is 180 cm³/mol. The highest BCUT2D eigenvalue weighted by Crippen LogP contribution is 2.43. The van der Waals surface area contributed by atoms with Gasteiger partial charge in [-0.2, -0.15) is 0 Å². The molecule has 0 aliphatic carbocycles. The number of unbranched alkanes of at least 4 members (excludes halogenated alkanes) is 19. The standard InChI is InChI=1S/C34H71N2O6P/c1-6-8-10-12-14-15-16-17-18-19-20-21-22-23-25-27-34(37)35-31-33(40-29-26-24-13-11-9-7-2)32-42-43(38,39)41-30-28-36(3,4)5/h33H,6-32H2,1-5H3,(H-,35,37,38,39)/p+1. The molecule has 0 fully saturated rings. The van der Waals surface area contributed by atoms with Crippen molar-refractivity contribution in [3.05, 3.63) is 0 Å². The second-order valence-corrected chi connectivity index (χ2v) is 14.8. The Balaban J connectivity index is 4.12. The van der Waals surface area contributed by atoms with Crippen LogP contribution in [0.15, 0.2) is 0 Å². The summed E-state index contributed by atoms with van der Waals surface area (Å²) in [6.07, 6.45) is 26.4. The molecule has 0 heterocycles. The third kappa shape index (κ3) is 32.7. The van der Waals surface area contributed by atoms with Gasteiger partial charge in [0.05, 0.1) is 33.9 Å². The van der Waals surface area contributed by atoms with Gasteiger partial charge in [-0.15, -0.1) is 0 Å². The number of ether oxygens (including phenoxy) is 1. The van der Waals surface area contributed by atoms with Crippen LogP contribution >= 0.6 is 7.82 Å². The first-order chi connectivity index (χ1) is 20.6. The quantitative estimate of drug-likeness (QED) is 0.0425. The largest absolute Gasteiger partial charge is 0.472 e. The lowest BCUT2D eigenvalue weighted by Crippen LogP contribution is -2.37. The maximum Gasteiger partial charge on any atom is 0.472 e. The van der Waals surface area contributed by atoms with E-state index in [1.165, 1.54) is 109 Å². The average molecular weight is 636 g/mol. The third-order valence-corrected chi connectivity index (χ3v) is 8.81. The number of phosphoric acid groups is 1. The fourth-order valence-corrected chi connectivity index (χ4v) is 5.66. The zero-order valence-corrected chi connectivity index (χ0v) is 29.9. The summed E-state index contributed by atoms with van der Waals surface area (Å²) in [6.45, 7) is 5.87. The normalized spacial score (nSPS) is 14.1. The van der Waals surface area contributed by atoms with E-state index < -0.39 is 13.9 Å². The van der Waals surface area contributed by atoms with E-state index in [1.54, 1.807) is 0 Å². The second-order valence-electron chi connectivity index (χ2n) is 13.4. The topological polar surface area (TPSA) is 94.1 Å². The van der Waals surface area contributed by atoms with Gasteiger partial charge in [0.15, 0.2) is 0 Å². The summed E-state index contributed by atoms with van der Waals surface area (Å²) in [7, 11) is 1.77. The molecular weight excluding hydrogens is 563 g/mol. The molecule has 43 heavy (non-hydrogen) atoms. The fourth-order valence-electron chi connectivity index (χ4n) is 4.92. The van der Waals surface area contributed by atoms with Crippen LogP contribution < -0.4 is 5.32 Å². The van der Waals surface area contributed by atoms with Crippen LogP contribution in [0.2, 0.25) is 0 Å². The van der Waals surface area contributed by atoms with Gasteiger partial charge >= 0.3 is 7.82 Å². The van der Waals surface area contributed by atoms with Crippen LogP contribution in [0.3, 0.4) is 0 Å². The van der Waals surface area contributed by atoms with Crippen molar-refractivity contribution in [2.75, 3.05) is 54.1 Å². The Labute approximate surface area is 266 Å². The summed E-state index contributed by atoms with van der Waals surface area (Å²) < 4.78 is 29.3. The molecule has 2 N–H and O–H groups in total. The summed E-state index contributed by atoms with van der Waals surface area (Å²) in [6, 6.07) is 0. The molecule has 258 valence electrons. The highest BCUT2D eigenvalue weighted by molar-refractivity contribution is 7.47. The van der Waals surface area contributed by atoms with Gasteiger partial charge in [-0.25, -0.2) is 4.57 Å². The number of likely N-dealkylation sites (N-methyl/N-ethyl adjacent to an activating group) is 1. The predicted octanol–water partition coefficient (Wildman–Crippen LogP) is 8.95. The minimum Gasteiger partial charge on any atom is -0.374 e. The SMILES string of the molecule is CCCCCCCCCCCCCCCCCC(=O)NCC(COP(=O)(O)OCC[N+](C)(C)C)OCCCCCCCC. The summed E-state index contributed by atoms with van der Waals surface area (Å²) in [5.74, 6) is -0.00534. The highest BCUT2D eigenvalue weighted by Gasteiger charge is 2.25. The number of carbonyl (C=O) groups excluding carboxylic acids is 1. The molecule has 0 bridgehead atoms. The zero-order valence-electron chi connectivity index (χ0n) is 29.1. The Kier molecular flexibility index (Phi) is 28.6. The summed E-state index contributed by atoms with van der Waals surface area (Å²) in [4.78, 5) is 22.5. The summed E-state index contributed by atoms with van der Waals surface area (Å²) >= 11 is 0. The zero-order chi connectivity index (χ0) is 32.1. The van der Waals surface area contributed by atoms with Gasteiger partial charge in [-0.05, 0) is 12.8 Å². The number of nitrogens with one attached hydrogen (secondary N) is 1. The van der Waals surface area contributed by atoms with Crippen molar-refractivity contribution in [2.24, 2.45) is 0 Å². The molecule has 9 heteroatoms. The molecule has 8 nitrogen and oxygen atoms in total. The van der Waals surface area contributed by atoms with Crippen molar-refractivity contribution in [3.63, 3.8) is 0 Å². The van der Waals surface area contributed by atoms with Crippen LogP contribution in [0, 0.1) is 0 Å². The van der Waals surface area contributed by atoms with Crippen LogP contribution in [-0.4, -0.2) is 75.4 Å². The Morgan fingerprint density at radius 2 is 1.12 bits per heavy atom. The number of phosphoric ester groups is 1. The summed E-state index contributed by atoms with van der Waals surface area (Å²) in [5.41, 5.74) is 0. The van der Waals surface area contributed by atoms with Crippen LogP contribution in [0.4, 0.5) is 0 Å². The van der Waals surface area contributed by atoms with E-state index in [9.17, 15) is 14.3 Å². The van der Waals surface area contributed by atoms with Gasteiger partial charge in [-0.1, -0.05) is 136 Å². The van der Waals surface area contributed by atoms with Gasteiger partial charge in [-0.3, -0.25) is 13.8 Å². The lowest BCUT2D eigenvalue weighted by atomic mass is 10.0. The molecule has 0 saturated heterocycles. The van der Waals surface area contributed by atoms with E-state index in [-0.39, 0.29) is 25.7 Å². The van der Waals surface area contributed by atoms with Crippen molar-refractivity contribution >= 4 is 13.7 Å². The molecule has 0 saturated carbocycles. The first kappa shape index (κ1) is 42.5. The van der Waals surface area contributed by atoms with Crippen molar-refractivity contribution in [1.82, 2.24) is 5.32 Å². The van der Waals surface area contributed by atoms with Crippen molar-refractivity contribution < 1.29 is 32.5 Å². The van der Waals surface area contributed by atoms with Gasteiger partial charge in [0.25, 0.3) is 0 Å². The molecule has 0 rings (SSSR count). The molecule has 0 aromatic rings. The number of rotatable bonds is 33. The van der Waals surface area contributed by atoms with E-state index in [4.69, 9.17) is 13.8 Å². The van der Waals surface area contributed by atoms with Crippen molar-refractivity contribution in [3.8, 4) is 0 Å². The third-order valence-electron chi connectivity index (χ3n) is 7.83. The second kappa shape index (κ2) is 28.9. The number of hydrogen-bond donors (Lipinski definition) is 2. The Bertz CT molecular complexity index is 674.